The van der Waals surface area contributed by atoms with Crippen LogP contribution in [0, 0.1) is 11.6 Å². The van der Waals surface area contributed by atoms with Crippen molar-refractivity contribution in [1.82, 2.24) is 24.9 Å². The maximum Gasteiger partial charge on any atom is 0.235 e. The second-order valence-electron chi connectivity index (χ2n) is 10.1. The predicted molar refractivity (Wildman–Crippen MR) is 136 cm³/mol. The van der Waals surface area contributed by atoms with Gasteiger partial charge in [-0.1, -0.05) is 5.21 Å². The van der Waals surface area contributed by atoms with Crippen LogP contribution in [0.1, 0.15) is 34.6 Å². The van der Waals surface area contributed by atoms with Gasteiger partial charge in [0.25, 0.3) is 0 Å². The van der Waals surface area contributed by atoms with Gasteiger partial charge in [0.15, 0.2) is 11.6 Å². The highest BCUT2D eigenvalue weighted by atomic mass is 32.2. The van der Waals surface area contributed by atoms with Crippen LogP contribution in [0.2, 0.25) is 0 Å². The minimum Gasteiger partial charge on any atom is -0.368 e. The molecule has 1 aliphatic rings. The third kappa shape index (κ3) is 5.34. The van der Waals surface area contributed by atoms with E-state index in [1.54, 1.807) is 12.4 Å². The fourth-order valence-electron chi connectivity index (χ4n) is 3.98. The van der Waals surface area contributed by atoms with Gasteiger partial charge in [-0.15, -0.1) is 5.10 Å². The molecule has 0 unspecified atom stereocenters. The van der Waals surface area contributed by atoms with E-state index in [0.29, 0.717) is 11.3 Å². The standard InChI is InChI=1S/C24H31F2N7O2S/c1-16(2)36(34,35)29-20-7-6-19(25)23(22(20)26)33-15-21(28-30-33)17-12-18(14-27-13-17)31-8-10-32(11-9-31)24(3,4)5/h6-7,12-16,29H,8-11H2,1-5H3. The molecule has 1 fully saturated rings. The quantitative estimate of drug-likeness (QED) is 0.531. The number of aromatic nitrogens is 4. The van der Waals surface area contributed by atoms with Crippen LogP contribution in [0.25, 0.3) is 16.9 Å². The molecule has 0 amide bonds. The number of halogens is 2. The lowest BCUT2D eigenvalue weighted by Crippen LogP contribution is -2.53. The molecule has 0 bridgehead atoms. The first kappa shape index (κ1) is 26.0. The highest BCUT2D eigenvalue weighted by Gasteiger charge is 2.26. The predicted octanol–water partition coefficient (Wildman–Crippen LogP) is 3.68. The Balaban J connectivity index is 1.59. The molecule has 1 aromatic carbocycles. The van der Waals surface area contributed by atoms with E-state index in [2.05, 4.69) is 50.6 Å². The van der Waals surface area contributed by atoms with Crippen LogP contribution in [0.5, 0.6) is 0 Å². The molecular formula is C24H31F2N7O2S. The summed E-state index contributed by atoms with van der Waals surface area (Å²) in [4.78, 5) is 9.01. The molecule has 0 spiro atoms. The number of sulfonamides is 1. The van der Waals surface area contributed by atoms with Crippen LogP contribution < -0.4 is 9.62 Å². The molecule has 1 N–H and O–H groups in total. The van der Waals surface area contributed by atoms with Crippen LogP contribution in [-0.2, 0) is 10.0 Å². The van der Waals surface area contributed by atoms with Crippen LogP contribution in [0.3, 0.4) is 0 Å². The van der Waals surface area contributed by atoms with Crippen LogP contribution in [0.4, 0.5) is 20.2 Å². The third-order valence-corrected chi connectivity index (χ3v) is 8.02. The lowest BCUT2D eigenvalue weighted by atomic mass is 10.0. The van der Waals surface area contributed by atoms with Crippen molar-refractivity contribution in [2.45, 2.75) is 45.4 Å². The molecule has 1 saturated heterocycles. The number of pyridine rings is 1. The molecule has 194 valence electrons. The van der Waals surface area contributed by atoms with Crippen molar-refractivity contribution in [3.63, 3.8) is 0 Å². The summed E-state index contributed by atoms with van der Waals surface area (Å²) in [6.07, 6.45) is 4.79. The number of anilines is 2. The zero-order chi connectivity index (χ0) is 26.3. The number of hydrogen-bond acceptors (Lipinski definition) is 7. The van der Waals surface area contributed by atoms with Gasteiger partial charge in [0.1, 0.15) is 11.4 Å². The SMILES string of the molecule is CC(C)S(=O)(=O)Nc1ccc(F)c(-n2cc(-c3cncc(N4CCN(C(C)(C)C)CC4)c3)nn2)c1F. The van der Waals surface area contributed by atoms with E-state index in [1.807, 2.05) is 6.07 Å². The highest BCUT2D eigenvalue weighted by molar-refractivity contribution is 7.93. The first-order chi connectivity index (χ1) is 16.9. The van der Waals surface area contributed by atoms with Gasteiger partial charge in [-0.25, -0.2) is 21.9 Å². The maximum atomic E-state index is 15.2. The number of hydrogen-bond donors (Lipinski definition) is 1. The summed E-state index contributed by atoms with van der Waals surface area (Å²) in [7, 11) is -3.82. The first-order valence-electron chi connectivity index (χ1n) is 11.7. The fourth-order valence-corrected chi connectivity index (χ4v) is 4.68. The summed E-state index contributed by atoms with van der Waals surface area (Å²) < 4.78 is 57.3. The molecule has 9 nitrogen and oxygen atoms in total. The number of benzene rings is 1. The average Bonchev–Trinajstić information content (AvgIpc) is 3.30. The van der Waals surface area contributed by atoms with Gasteiger partial charge in [-0.2, -0.15) is 0 Å². The van der Waals surface area contributed by atoms with Crippen molar-refractivity contribution in [2.75, 3.05) is 35.8 Å². The molecule has 0 atom stereocenters. The summed E-state index contributed by atoms with van der Waals surface area (Å²) >= 11 is 0. The van der Waals surface area contributed by atoms with Gasteiger partial charge >= 0.3 is 0 Å². The zero-order valence-electron chi connectivity index (χ0n) is 21.0. The lowest BCUT2D eigenvalue weighted by molar-refractivity contribution is 0.128. The summed E-state index contributed by atoms with van der Waals surface area (Å²) in [6.45, 7) is 13.1. The Hall–Kier alpha value is -3.12. The van der Waals surface area contributed by atoms with Crippen molar-refractivity contribution in [2.24, 2.45) is 0 Å². The molecular weight excluding hydrogens is 488 g/mol. The van der Waals surface area contributed by atoms with Crippen LogP contribution in [0.15, 0.2) is 36.8 Å². The zero-order valence-corrected chi connectivity index (χ0v) is 21.9. The summed E-state index contributed by atoms with van der Waals surface area (Å²) in [5.41, 5.74) is 1.17. The normalized spacial score (nSPS) is 15.5. The smallest absolute Gasteiger partial charge is 0.235 e. The van der Waals surface area contributed by atoms with Crippen LogP contribution >= 0.6 is 0 Å². The Morgan fingerprint density at radius 3 is 2.39 bits per heavy atom. The van der Waals surface area contributed by atoms with E-state index in [9.17, 15) is 12.8 Å². The third-order valence-electron chi connectivity index (χ3n) is 6.28. The molecule has 1 aliphatic heterocycles. The van der Waals surface area contributed by atoms with Gasteiger partial charge in [-0.3, -0.25) is 14.6 Å². The van der Waals surface area contributed by atoms with Gasteiger partial charge < -0.3 is 4.90 Å². The molecule has 12 heteroatoms. The van der Waals surface area contributed by atoms with E-state index in [4.69, 9.17) is 0 Å². The van der Waals surface area contributed by atoms with Crippen molar-refractivity contribution in [3.05, 3.63) is 48.4 Å². The molecule has 4 rings (SSSR count). The minimum absolute atomic E-state index is 0.112. The van der Waals surface area contributed by atoms with Gasteiger partial charge in [-0.05, 0) is 52.8 Å². The molecule has 36 heavy (non-hydrogen) atoms. The molecule has 3 heterocycles. The largest absolute Gasteiger partial charge is 0.368 e. The molecule has 0 saturated carbocycles. The summed E-state index contributed by atoms with van der Waals surface area (Å²) in [6, 6.07) is 3.95. The fraction of sp³-hybridized carbons (Fsp3) is 0.458. The van der Waals surface area contributed by atoms with E-state index in [-0.39, 0.29) is 11.2 Å². The van der Waals surface area contributed by atoms with Crippen molar-refractivity contribution >= 4 is 21.4 Å². The average molecular weight is 520 g/mol. The summed E-state index contributed by atoms with van der Waals surface area (Å²) in [5.74, 6) is -1.99. The Morgan fingerprint density at radius 1 is 1.06 bits per heavy atom. The monoisotopic (exact) mass is 519 g/mol. The van der Waals surface area contributed by atoms with Gasteiger partial charge in [0, 0.05) is 43.5 Å². The Bertz CT molecular complexity index is 1340. The second-order valence-corrected chi connectivity index (χ2v) is 12.3. The van der Waals surface area contributed by atoms with E-state index < -0.39 is 32.6 Å². The first-order valence-corrected chi connectivity index (χ1v) is 13.3. The second kappa shape index (κ2) is 9.74. The van der Waals surface area contributed by atoms with Crippen molar-refractivity contribution in [1.29, 1.82) is 0 Å². The van der Waals surface area contributed by atoms with Crippen LogP contribution in [-0.4, -0.2) is 70.3 Å². The lowest BCUT2D eigenvalue weighted by Gasteiger charge is -2.43. The molecule has 2 aromatic heterocycles. The number of nitrogens with one attached hydrogen (secondary N) is 1. The van der Waals surface area contributed by atoms with Gasteiger partial charge in [0.2, 0.25) is 10.0 Å². The maximum absolute atomic E-state index is 15.2. The number of nitrogens with zero attached hydrogens (tertiary/aromatic N) is 6. The number of rotatable bonds is 6. The van der Waals surface area contributed by atoms with Gasteiger partial charge in [0.05, 0.1) is 29.0 Å². The topological polar surface area (TPSA) is 96.2 Å². The highest BCUT2D eigenvalue weighted by Crippen LogP contribution is 2.28. The van der Waals surface area contributed by atoms with E-state index in [0.717, 1.165) is 48.7 Å². The molecule has 3 aromatic rings. The minimum atomic E-state index is -3.82. The van der Waals surface area contributed by atoms with E-state index >= 15 is 4.39 Å². The Morgan fingerprint density at radius 2 is 1.75 bits per heavy atom. The Labute approximate surface area is 210 Å². The summed E-state index contributed by atoms with van der Waals surface area (Å²) in [5, 5.41) is 7.19. The van der Waals surface area contributed by atoms with Crippen molar-refractivity contribution in [3.8, 4) is 16.9 Å². The molecule has 0 radical (unpaired) electrons. The van der Waals surface area contributed by atoms with Crippen molar-refractivity contribution < 1.29 is 17.2 Å². The molecule has 0 aliphatic carbocycles. The number of piperazine rings is 1. The van der Waals surface area contributed by atoms with E-state index in [1.165, 1.54) is 20.0 Å². The Kier molecular flexibility index (Phi) is 7.02.